The third-order valence-corrected chi connectivity index (χ3v) is 6.54. The van der Waals surface area contributed by atoms with Gasteiger partial charge in [0.05, 0.1) is 21.7 Å². The van der Waals surface area contributed by atoms with Crippen molar-refractivity contribution in [2.45, 2.75) is 44.7 Å². The molecule has 3 unspecified atom stereocenters. The van der Waals surface area contributed by atoms with Crippen LogP contribution < -0.4 is 10.6 Å². The number of hydrogen-bond acceptors (Lipinski definition) is 2. The molecule has 0 aromatic heterocycles. The molecule has 2 aromatic carbocycles. The van der Waals surface area contributed by atoms with E-state index < -0.39 is 0 Å². The molecule has 2 N–H and O–H groups in total. The van der Waals surface area contributed by atoms with E-state index in [1.54, 1.807) is 0 Å². The lowest BCUT2D eigenvalue weighted by molar-refractivity contribution is 0.0878. The lowest BCUT2D eigenvalue weighted by Crippen LogP contribution is -2.57. The van der Waals surface area contributed by atoms with E-state index in [-0.39, 0.29) is 33.1 Å². The van der Waals surface area contributed by atoms with E-state index in [1.165, 1.54) is 12.1 Å². The Labute approximate surface area is 181 Å². The molecular weight excluding hydrogens is 415 g/mol. The van der Waals surface area contributed by atoms with Gasteiger partial charge in [0.15, 0.2) is 0 Å². The molecule has 6 heteroatoms. The number of halogens is 3. The van der Waals surface area contributed by atoms with Crippen LogP contribution in [0.15, 0.2) is 42.5 Å². The molecule has 0 radical (unpaired) electrons. The molecule has 3 atom stereocenters. The Balaban J connectivity index is 1.92. The van der Waals surface area contributed by atoms with E-state index in [4.69, 9.17) is 34.8 Å². The van der Waals surface area contributed by atoms with Crippen LogP contribution in [0.25, 0.3) is 0 Å². The molecule has 1 aliphatic heterocycles. The standard InChI is InChI=1S/C22H25Cl3N2O/c1-3-14-9-10-22(2,26-13-14)20(15-7-5-4-6-8-15)27-21(28)19-17(24)11-16(23)12-18(19)25/h4-8,11-12,14,20,26H,3,9-10,13H2,1-2H3,(H,27,28). The molecule has 2 aromatic rings. The zero-order chi connectivity index (χ0) is 20.3. The summed E-state index contributed by atoms with van der Waals surface area (Å²) in [5.74, 6) is 0.363. The Morgan fingerprint density at radius 2 is 1.86 bits per heavy atom. The molecule has 1 amide bonds. The quantitative estimate of drug-likeness (QED) is 0.575. The van der Waals surface area contributed by atoms with Crippen molar-refractivity contribution in [3.05, 3.63) is 68.7 Å². The van der Waals surface area contributed by atoms with Crippen LogP contribution in [0, 0.1) is 5.92 Å². The maximum Gasteiger partial charge on any atom is 0.254 e. The highest BCUT2D eigenvalue weighted by Gasteiger charge is 2.39. The van der Waals surface area contributed by atoms with Crippen molar-refractivity contribution in [3.63, 3.8) is 0 Å². The molecule has 28 heavy (non-hydrogen) atoms. The summed E-state index contributed by atoms with van der Waals surface area (Å²) in [5, 5.41) is 7.76. The van der Waals surface area contributed by atoms with Gasteiger partial charge in [-0.05, 0) is 49.9 Å². The lowest BCUT2D eigenvalue weighted by Gasteiger charge is -2.44. The number of carbonyl (C=O) groups excluding carboxylic acids is 1. The predicted octanol–water partition coefficient (Wildman–Crippen LogP) is 6.29. The molecule has 150 valence electrons. The minimum atomic E-state index is -0.304. The third-order valence-electron chi connectivity index (χ3n) is 5.72. The van der Waals surface area contributed by atoms with Gasteiger partial charge in [-0.1, -0.05) is 78.5 Å². The number of benzene rings is 2. The predicted molar refractivity (Wildman–Crippen MR) is 118 cm³/mol. The second-order valence-electron chi connectivity index (χ2n) is 7.67. The average molecular weight is 440 g/mol. The van der Waals surface area contributed by atoms with Gasteiger partial charge < -0.3 is 10.6 Å². The van der Waals surface area contributed by atoms with E-state index in [0.29, 0.717) is 10.9 Å². The normalized spacial score (nSPS) is 23.2. The van der Waals surface area contributed by atoms with Crippen LogP contribution in [0.1, 0.15) is 55.1 Å². The van der Waals surface area contributed by atoms with E-state index in [2.05, 4.69) is 24.5 Å². The first-order chi connectivity index (χ1) is 13.3. The fourth-order valence-corrected chi connectivity index (χ4v) is 4.87. The molecule has 0 bridgehead atoms. The molecule has 0 spiro atoms. The highest BCUT2D eigenvalue weighted by Crippen LogP contribution is 2.36. The summed E-state index contributed by atoms with van der Waals surface area (Å²) >= 11 is 18.5. The van der Waals surface area contributed by atoms with Crippen molar-refractivity contribution >= 4 is 40.7 Å². The fraction of sp³-hybridized carbons (Fsp3) is 0.409. The van der Waals surface area contributed by atoms with Gasteiger partial charge in [-0.3, -0.25) is 4.79 Å². The molecule has 0 aliphatic carbocycles. The minimum Gasteiger partial charge on any atom is -0.343 e. The third kappa shape index (κ3) is 4.65. The molecule has 1 aliphatic rings. The lowest BCUT2D eigenvalue weighted by atomic mass is 9.77. The Bertz CT molecular complexity index is 810. The molecule has 3 rings (SSSR count). The van der Waals surface area contributed by atoms with E-state index in [1.807, 2.05) is 30.3 Å². The second-order valence-corrected chi connectivity index (χ2v) is 8.92. The summed E-state index contributed by atoms with van der Waals surface area (Å²) in [6, 6.07) is 12.9. The molecule has 1 saturated heterocycles. The zero-order valence-corrected chi connectivity index (χ0v) is 18.3. The van der Waals surface area contributed by atoms with Gasteiger partial charge in [0.2, 0.25) is 0 Å². The molecule has 0 saturated carbocycles. The number of hydrogen-bond donors (Lipinski definition) is 2. The van der Waals surface area contributed by atoms with Crippen LogP contribution in [0.3, 0.4) is 0 Å². The van der Waals surface area contributed by atoms with Crippen LogP contribution in [-0.2, 0) is 0 Å². The first-order valence-electron chi connectivity index (χ1n) is 9.59. The number of nitrogens with one attached hydrogen (secondary N) is 2. The summed E-state index contributed by atoms with van der Waals surface area (Å²) in [6.07, 6.45) is 3.25. The van der Waals surface area contributed by atoms with Crippen LogP contribution in [0.2, 0.25) is 15.1 Å². The topological polar surface area (TPSA) is 41.1 Å². The summed E-state index contributed by atoms with van der Waals surface area (Å²) in [5.41, 5.74) is 1.02. The van der Waals surface area contributed by atoms with Gasteiger partial charge in [-0.2, -0.15) is 0 Å². The van der Waals surface area contributed by atoms with E-state index in [9.17, 15) is 4.79 Å². The number of piperidine rings is 1. The Morgan fingerprint density at radius 1 is 1.21 bits per heavy atom. The van der Waals surface area contributed by atoms with Crippen LogP contribution >= 0.6 is 34.8 Å². The molecular formula is C22H25Cl3N2O. The second kappa shape index (κ2) is 9.04. The maximum absolute atomic E-state index is 13.1. The van der Waals surface area contributed by atoms with Gasteiger partial charge in [0.25, 0.3) is 5.91 Å². The van der Waals surface area contributed by atoms with Gasteiger partial charge >= 0.3 is 0 Å². The smallest absolute Gasteiger partial charge is 0.254 e. The number of carbonyl (C=O) groups is 1. The Morgan fingerprint density at radius 3 is 2.39 bits per heavy atom. The highest BCUT2D eigenvalue weighted by atomic mass is 35.5. The highest BCUT2D eigenvalue weighted by molar-refractivity contribution is 6.42. The maximum atomic E-state index is 13.1. The van der Waals surface area contributed by atoms with Crippen molar-refractivity contribution in [1.82, 2.24) is 10.6 Å². The van der Waals surface area contributed by atoms with Crippen molar-refractivity contribution in [2.24, 2.45) is 5.92 Å². The monoisotopic (exact) mass is 438 g/mol. The number of amides is 1. The zero-order valence-electron chi connectivity index (χ0n) is 16.1. The first kappa shape index (κ1) is 21.4. The van der Waals surface area contributed by atoms with E-state index in [0.717, 1.165) is 31.4 Å². The average Bonchev–Trinajstić information content (AvgIpc) is 2.66. The molecule has 3 nitrogen and oxygen atoms in total. The summed E-state index contributed by atoms with van der Waals surface area (Å²) in [7, 11) is 0. The SMILES string of the molecule is CCC1CCC(C)(C(NC(=O)c2c(Cl)cc(Cl)cc2Cl)c2ccccc2)NC1. The van der Waals surface area contributed by atoms with Crippen LogP contribution in [-0.4, -0.2) is 18.0 Å². The van der Waals surface area contributed by atoms with Crippen molar-refractivity contribution in [1.29, 1.82) is 0 Å². The van der Waals surface area contributed by atoms with Gasteiger partial charge in [-0.25, -0.2) is 0 Å². The van der Waals surface area contributed by atoms with Gasteiger partial charge in [0.1, 0.15) is 0 Å². The van der Waals surface area contributed by atoms with Crippen molar-refractivity contribution in [2.75, 3.05) is 6.54 Å². The van der Waals surface area contributed by atoms with Crippen LogP contribution in [0.4, 0.5) is 0 Å². The largest absolute Gasteiger partial charge is 0.343 e. The van der Waals surface area contributed by atoms with Crippen molar-refractivity contribution in [3.8, 4) is 0 Å². The summed E-state index contributed by atoms with van der Waals surface area (Å²) < 4.78 is 0. The molecule has 1 heterocycles. The van der Waals surface area contributed by atoms with Gasteiger partial charge in [-0.15, -0.1) is 0 Å². The minimum absolute atomic E-state index is 0.221. The fourth-order valence-electron chi connectivity index (χ4n) is 3.89. The van der Waals surface area contributed by atoms with Crippen LogP contribution in [0.5, 0.6) is 0 Å². The Kier molecular flexibility index (Phi) is 6.93. The Hall–Kier alpha value is -1.26. The van der Waals surface area contributed by atoms with E-state index >= 15 is 0 Å². The molecule has 1 fully saturated rings. The first-order valence-corrected chi connectivity index (χ1v) is 10.7. The van der Waals surface area contributed by atoms with Crippen molar-refractivity contribution < 1.29 is 4.79 Å². The van der Waals surface area contributed by atoms with Gasteiger partial charge in [0, 0.05) is 10.6 Å². The number of rotatable bonds is 5. The summed E-state index contributed by atoms with van der Waals surface area (Å²) in [4.78, 5) is 13.1. The summed E-state index contributed by atoms with van der Waals surface area (Å²) in [6.45, 7) is 5.33.